The van der Waals surface area contributed by atoms with Crippen LogP contribution in [-0.4, -0.2) is 25.0 Å². The number of hydrogen-bond acceptors (Lipinski definition) is 5. The van der Waals surface area contributed by atoms with E-state index < -0.39 is 18.1 Å². The summed E-state index contributed by atoms with van der Waals surface area (Å²) in [5.74, 6) is -0.634. The Morgan fingerprint density at radius 3 is 2.16 bits per heavy atom. The second-order valence-electron chi connectivity index (χ2n) is 7.42. The second kappa shape index (κ2) is 7.83. The van der Waals surface area contributed by atoms with E-state index in [-0.39, 0.29) is 11.8 Å². The number of nitrogens with zero attached hydrogens (tertiary/aromatic N) is 2. The molecule has 0 aromatic heterocycles. The number of imide groups is 1. The number of amides is 2. The molecule has 0 bridgehead atoms. The zero-order valence-corrected chi connectivity index (χ0v) is 18.2. The molecule has 2 amide bonds. The van der Waals surface area contributed by atoms with Crippen molar-refractivity contribution in [1.82, 2.24) is 0 Å². The molecule has 156 valence electrons. The zero-order valence-electron chi connectivity index (χ0n) is 16.6. The van der Waals surface area contributed by atoms with E-state index >= 15 is 0 Å². The molecule has 0 saturated carbocycles. The average molecular weight is 479 g/mol. The minimum absolute atomic E-state index is 0.272. The summed E-state index contributed by atoms with van der Waals surface area (Å²) in [6, 6.07) is 23.7. The Morgan fingerprint density at radius 1 is 0.839 bits per heavy atom. The summed E-state index contributed by atoms with van der Waals surface area (Å²) in [4.78, 5) is 34.2. The van der Waals surface area contributed by atoms with Crippen molar-refractivity contribution in [2.45, 2.75) is 12.1 Å². The number of fused-ring (bicyclic) bond motifs is 1. The Hall–Kier alpha value is -3.16. The van der Waals surface area contributed by atoms with Gasteiger partial charge in [0.2, 0.25) is 5.91 Å². The van der Waals surface area contributed by atoms with Crippen LogP contribution >= 0.6 is 15.9 Å². The monoisotopic (exact) mass is 478 g/mol. The van der Waals surface area contributed by atoms with Gasteiger partial charge in [-0.25, -0.2) is 9.96 Å². The van der Waals surface area contributed by atoms with E-state index in [1.807, 2.05) is 54.6 Å². The first-order valence-electron chi connectivity index (χ1n) is 9.87. The van der Waals surface area contributed by atoms with Gasteiger partial charge in [0.25, 0.3) is 5.91 Å². The molecule has 6 nitrogen and oxygen atoms in total. The SMILES string of the molecule is COc1ccc(N2C(=O)[C@@H]3[C@@H](ON(c4ccccc4)[C@H]3c3ccc(Br)cc3)C2=O)cc1. The third kappa shape index (κ3) is 3.30. The fourth-order valence-electron chi connectivity index (χ4n) is 4.20. The van der Waals surface area contributed by atoms with Crippen LogP contribution in [0.2, 0.25) is 0 Å². The summed E-state index contributed by atoms with van der Waals surface area (Å²) in [5.41, 5.74) is 2.20. The Morgan fingerprint density at radius 2 is 1.52 bits per heavy atom. The first-order chi connectivity index (χ1) is 15.1. The van der Waals surface area contributed by atoms with Crippen LogP contribution in [0.5, 0.6) is 5.75 Å². The normalized spacial score (nSPS) is 22.7. The third-order valence-corrected chi connectivity index (χ3v) is 6.20. The second-order valence-corrected chi connectivity index (χ2v) is 8.34. The fraction of sp³-hybridized carbons (Fsp3) is 0.167. The van der Waals surface area contributed by atoms with Crippen LogP contribution in [-0.2, 0) is 14.4 Å². The quantitative estimate of drug-likeness (QED) is 0.516. The van der Waals surface area contributed by atoms with E-state index in [4.69, 9.17) is 9.57 Å². The predicted octanol–water partition coefficient (Wildman–Crippen LogP) is 4.51. The number of halogens is 1. The van der Waals surface area contributed by atoms with Gasteiger partial charge in [0.05, 0.1) is 24.5 Å². The number of benzene rings is 3. The molecule has 0 spiro atoms. The van der Waals surface area contributed by atoms with Crippen molar-refractivity contribution in [2.24, 2.45) is 5.92 Å². The molecule has 3 aromatic carbocycles. The predicted molar refractivity (Wildman–Crippen MR) is 120 cm³/mol. The van der Waals surface area contributed by atoms with Crippen LogP contribution in [0.25, 0.3) is 0 Å². The molecule has 7 heteroatoms. The minimum Gasteiger partial charge on any atom is -0.497 e. The van der Waals surface area contributed by atoms with Gasteiger partial charge in [0.15, 0.2) is 6.10 Å². The maximum Gasteiger partial charge on any atom is 0.266 e. The molecule has 2 heterocycles. The molecule has 0 radical (unpaired) electrons. The van der Waals surface area contributed by atoms with Gasteiger partial charge in [-0.2, -0.15) is 0 Å². The largest absolute Gasteiger partial charge is 0.497 e. The molecule has 31 heavy (non-hydrogen) atoms. The molecule has 2 aliphatic heterocycles. The Labute approximate surface area is 188 Å². The summed E-state index contributed by atoms with van der Waals surface area (Å²) in [6.45, 7) is 0. The lowest BCUT2D eigenvalue weighted by atomic mass is 9.90. The molecule has 2 fully saturated rings. The highest BCUT2D eigenvalue weighted by Crippen LogP contribution is 2.47. The van der Waals surface area contributed by atoms with Gasteiger partial charge in [-0.1, -0.05) is 46.3 Å². The van der Waals surface area contributed by atoms with Crippen molar-refractivity contribution < 1.29 is 19.2 Å². The first kappa shape index (κ1) is 19.8. The lowest BCUT2D eigenvalue weighted by Gasteiger charge is -2.28. The van der Waals surface area contributed by atoms with Gasteiger partial charge in [-0.15, -0.1) is 0 Å². The van der Waals surface area contributed by atoms with Crippen molar-refractivity contribution in [1.29, 1.82) is 0 Å². The van der Waals surface area contributed by atoms with Crippen LogP contribution in [0.15, 0.2) is 83.3 Å². The highest BCUT2D eigenvalue weighted by Gasteiger charge is 2.60. The molecule has 2 aliphatic rings. The van der Waals surface area contributed by atoms with E-state index in [0.717, 1.165) is 15.7 Å². The smallest absolute Gasteiger partial charge is 0.266 e. The topological polar surface area (TPSA) is 59.1 Å². The number of hydroxylamine groups is 1. The van der Waals surface area contributed by atoms with Gasteiger partial charge >= 0.3 is 0 Å². The molecule has 3 atom stereocenters. The maximum absolute atomic E-state index is 13.5. The van der Waals surface area contributed by atoms with Crippen molar-refractivity contribution >= 4 is 39.1 Å². The van der Waals surface area contributed by atoms with Crippen LogP contribution in [0.1, 0.15) is 11.6 Å². The Kier molecular flexibility index (Phi) is 5.00. The number of ether oxygens (including phenoxy) is 1. The van der Waals surface area contributed by atoms with Crippen LogP contribution < -0.4 is 14.7 Å². The van der Waals surface area contributed by atoms with E-state index in [0.29, 0.717) is 11.4 Å². The highest BCUT2D eigenvalue weighted by molar-refractivity contribution is 9.10. The summed E-state index contributed by atoms with van der Waals surface area (Å²) in [5, 5.41) is 1.69. The number of carbonyl (C=O) groups is 2. The molecule has 2 saturated heterocycles. The molecular weight excluding hydrogens is 460 g/mol. The average Bonchev–Trinajstić information content (AvgIpc) is 3.31. The van der Waals surface area contributed by atoms with Crippen molar-refractivity contribution in [3.05, 3.63) is 88.9 Å². The van der Waals surface area contributed by atoms with Crippen LogP contribution in [0.4, 0.5) is 11.4 Å². The van der Waals surface area contributed by atoms with Crippen LogP contribution in [0, 0.1) is 5.92 Å². The zero-order chi connectivity index (χ0) is 21.5. The van der Waals surface area contributed by atoms with E-state index in [1.165, 1.54) is 4.90 Å². The lowest BCUT2D eigenvalue weighted by Crippen LogP contribution is -2.37. The lowest BCUT2D eigenvalue weighted by molar-refractivity contribution is -0.126. The number of carbonyl (C=O) groups excluding carboxylic acids is 2. The first-order valence-corrected chi connectivity index (χ1v) is 10.7. The van der Waals surface area contributed by atoms with Gasteiger partial charge in [-0.3, -0.25) is 14.4 Å². The number of para-hydroxylation sites is 1. The molecule has 3 aromatic rings. The Bertz CT molecular complexity index is 1120. The third-order valence-electron chi connectivity index (χ3n) is 5.67. The molecular formula is C24H19BrN2O4. The number of anilines is 2. The van der Waals surface area contributed by atoms with Crippen molar-refractivity contribution in [3.63, 3.8) is 0 Å². The summed E-state index contributed by atoms with van der Waals surface area (Å²) >= 11 is 3.46. The van der Waals surface area contributed by atoms with Crippen molar-refractivity contribution in [3.8, 4) is 5.75 Å². The fourth-order valence-corrected chi connectivity index (χ4v) is 4.46. The highest BCUT2D eigenvalue weighted by atomic mass is 79.9. The van der Waals surface area contributed by atoms with E-state index in [9.17, 15) is 9.59 Å². The van der Waals surface area contributed by atoms with E-state index in [2.05, 4.69) is 15.9 Å². The van der Waals surface area contributed by atoms with Gasteiger partial charge in [-0.05, 0) is 54.1 Å². The van der Waals surface area contributed by atoms with Crippen LogP contribution in [0.3, 0.4) is 0 Å². The Balaban J connectivity index is 1.56. The molecule has 0 N–H and O–H groups in total. The maximum atomic E-state index is 13.5. The summed E-state index contributed by atoms with van der Waals surface area (Å²) < 4.78 is 6.12. The number of hydrogen-bond donors (Lipinski definition) is 0. The van der Waals surface area contributed by atoms with Gasteiger partial charge in [0.1, 0.15) is 11.7 Å². The van der Waals surface area contributed by atoms with Crippen molar-refractivity contribution in [2.75, 3.05) is 17.1 Å². The minimum atomic E-state index is -0.886. The standard InChI is InChI=1S/C24H19BrN2O4/c1-30-19-13-11-17(12-14-19)26-23(28)20-21(15-7-9-16(25)10-8-15)27(31-22(20)24(26)29)18-5-3-2-4-6-18/h2-14,20-22H,1H3/t20-,21-,22+/m0/s1. The molecule has 0 unspecified atom stereocenters. The van der Waals surface area contributed by atoms with E-state index in [1.54, 1.807) is 36.4 Å². The number of rotatable bonds is 4. The summed E-state index contributed by atoms with van der Waals surface area (Å²) in [7, 11) is 1.57. The van der Waals surface area contributed by atoms with Gasteiger partial charge < -0.3 is 4.74 Å². The van der Waals surface area contributed by atoms with Gasteiger partial charge in [0, 0.05) is 4.47 Å². The number of methoxy groups -OCH3 is 1. The molecule has 5 rings (SSSR count). The summed E-state index contributed by atoms with van der Waals surface area (Å²) in [6.07, 6.45) is -0.886. The molecule has 0 aliphatic carbocycles.